The molecular weight excluding hydrogens is 324 g/mol. The van der Waals surface area contributed by atoms with E-state index in [1.807, 2.05) is 6.07 Å². The molecule has 1 atom stereocenters. The minimum atomic E-state index is -0.734. The van der Waals surface area contributed by atoms with E-state index in [1.54, 1.807) is 19.4 Å². The van der Waals surface area contributed by atoms with Crippen LogP contribution < -0.4 is 4.74 Å². The van der Waals surface area contributed by atoms with E-state index in [0.29, 0.717) is 17.3 Å². The third-order valence-electron chi connectivity index (χ3n) is 3.91. The summed E-state index contributed by atoms with van der Waals surface area (Å²) >= 11 is 6.02. The average molecular weight is 347 g/mol. The van der Waals surface area contributed by atoms with Crippen LogP contribution >= 0.6 is 11.6 Å². The molecule has 0 saturated carbocycles. The molecule has 1 unspecified atom stereocenters. The number of halogens is 1. The highest BCUT2D eigenvalue weighted by atomic mass is 35.5. The van der Waals surface area contributed by atoms with Gasteiger partial charge in [-0.05, 0) is 6.07 Å². The van der Waals surface area contributed by atoms with Gasteiger partial charge < -0.3 is 9.84 Å². The second kappa shape index (κ2) is 8.15. The van der Waals surface area contributed by atoms with E-state index >= 15 is 0 Å². The van der Waals surface area contributed by atoms with Crippen molar-refractivity contribution in [2.75, 3.05) is 51.8 Å². The fourth-order valence-corrected chi connectivity index (χ4v) is 3.28. The van der Waals surface area contributed by atoms with Crippen molar-refractivity contribution in [1.29, 1.82) is 0 Å². The largest absolute Gasteiger partial charge is 0.506 e. The van der Waals surface area contributed by atoms with Gasteiger partial charge in [0.1, 0.15) is 11.5 Å². The van der Waals surface area contributed by atoms with E-state index in [2.05, 4.69) is 9.80 Å². The van der Waals surface area contributed by atoms with E-state index in [1.165, 1.54) is 0 Å². The Morgan fingerprint density at radius 2 is 1.91 bits per heavy atom. The summed E-state index contributed by atoms with van der Waals surface area (Å²) in [6, 6.07) is 3.44. The van der Waals surface area contributed by atoms with Gasteiger partial charge in [-0.25, -0.2) is 0 Å². The van der Waals surface area contributed by atoms with Crippen molar-refractivity contribution in [2.45, 2.75) is 6.54 Å². The normalized spacial score (nSPS) is 18.3. The molecule has 1 N–H and O–H groups in total. The first-order chi connectivity index (χ1) is 10.5. The van der Waals surface area contributed by atoms with Gasteiger partial charge in [-0.3, -0.25) is 14.0 Å². The van der Waals surface area contributed by atoms with Crippen LogP contribution in [0, 0.1) is 0 Å². The second-order valence-corrected chi connectivity index (χ2v) is 7.47. The Morgan fingerprint density at radius 3 is 2.50 bits per heavy atom. The third-order valence-corrected chi connectivity index (χ3v) is 4.95. The molecule has 22 heavy (non-hydrogen) atoms. The lowest BCUT2D eigenvalue weighted by Crippen LogP contribution is -2.46. The topological polar surface area (TPSA) is 53.0 Å². The highest BCUT2D eigenvalue weighted by Crippen LogP contribution is 2.33. The fraction of sp³-hybridized carbons (Fsp3) is 0.600. The smallest absolute Gasteiger partial charge is 0.138 e. The maximum Gasteiger partial charge on any atom is 0.138 e. The first-order valence-electron chi connectivity index (χ1n) is 7.29. The van der Waals surface area contributed by atoms with Crippen molar-refractivity contribution in [1.82, 2.24) is 9.80 Å². The van der Waals surface area contributed by atoms with Crippen molar-refractivity contribution < 1.29 is 14.1 Å². The highest BCUT2D eigenvalue weighted by molar-refractivity contribution is 7.84. The van der Waals surface area contributed by atoms with Crippen molar-refractivity contribution in [3.8, 4) is 11.5 Å². The lowest BCUT2D eigenvalue weighted by Gasteiger charge is -2.34. The SMILES string of the molecule is COc1cc(Cl)c(O)c(CN2CCN(CCS(C)=O)CC2)c1. The van der Waals surface area contributed by atoms with Crippen molar-refractivity contribution in [3.63, 3.8) is 0 Å². The molecule has 0 aliphatic carbocycles. The van der Waals surface area contributed by atoms with E-state index < -0.39 is 10.8 Å². The van der Waals surface area contributed by atoms with Gasteiger partial charge in [0.15, 0.2) is 0 Å². The number of phenolic OH excluding ortho intramolecular Hbond substituents is 1. The van der Waals surface area contributed by atoms with Crippen molar-refractivity contribution in [2.24, 2.45) is 0 Å². The predicted molar refractivity (Wildman–Crippen MR) is 90.3 cm³/mol. The number of hydrogen-bond donors (Lipinski definition) is 1. The number of rotatable bonds is 6. The van der Waals surface area contributed by atoms with E-state index in [9.17, 15) is 9.32 Å². The molecule has 1 heterocycles. The van der Waals surface area contributed by atoms with Crippen LogP contribution in [0.5, 0.6) is 11.5 Å². The average Bonchev–Trinajstić information content (AvgIpc) is 2.50. The molecule has 1 aliphatic heterocycles. The van der Waals surface area contributed by atoms with Gasteiger partial charge in [-0.1, -0.05) is 11.6 Å². The van der Waals surface area contributed by atoms with E-state index in [4.69, 9.17) is 16.3 Å². The predicted octanol–water partition coefficient (Wildman–Crippen LogP) is 1.55. The molecule has 1 aliphatic rings. The minimum absolute atomic E-state index is 0.131. The van der Waals surface area contributed by atoms with E-state index in [0.717, 1.165) is 44.0 Å². The zero-order valence-electron chi connectivity index (χ0n) is 13.0. The number of nitrogens with zero attached hydrogens (tertiary/aromatic N) is 2. The maximum atomic E-state index is 11.1. The molecule has 124 valence electrons. The number of aromatic hydroxyl groups is 1. The van der Waals surface area contributed by atoms with Crippen molar-refractivity contribution >= 4 is 22.4 Å². The number of benzene rings is 1. The number of phenols is 1. The monoisotopic (exact) mass is 346 g/mol. The Hall–Kier alpha value is -0.820. The molecule has 1 saturated heterocycles. The molecular formula is C15H23ClN2O3S. The van der Waals surface area contributed by atoms with Gasteiger partial charge in [0.2, 0.25) is 0 Å². The Labute approximate surface area is 139 Å². The Bertz CT molecular complexity index is 534. The van der Waals surface area contributed by atoms with Crippen molar-refractivity contribution in [3.05, 3.63) is 22.7 Å². The molecule has 1 fully saturated rings. The number of ether oxygens (including phenoxy) is 1. The standard InChI is InChI=1S/C15H23ClN2O3S/c1-21-13-9-12(15(19)14(16)10-13)11-18-5-3-17(4-6-18)7-8-22(2)20/h9-10,19H,3-8,11H2,1-2H3. The summed E-state index contributed by atoms with van der Waals surface area (Å²) in [5, 5.41) is 10.4. The molecule has 1 aromatic rings. The van der Waals surface area contributed by atoms with Gasteiger partial charge in [0.05, 0.1) is 12.1 Å². The molecule has 2 rings (SSSR count). The van der Waals surface area contributed by atoms with Crippen LogP contribution in [0.15, 0.2) is 12.1 Å². The first kappa shape index (κ1) is 17.5. The lowest BCUT2D eigenvalue weighted by molar-refractivity contribution is 0.131. The molecule has 0 amide bonds. The molecule has 5 nitrogen and oxygen atoms in total. The summed E-state index contributed by atoms with van der Waals surface area (Å²) in [5.74, 6) is 1.51. The number of methoxy groups -OCH3 is 1. The summed E-state index contributed by atoms with van der Waals surface area (Å²) < 4.78 is 16.3. The Balaban J connectivity index is 1.91. The maximum absolute atomic E-state index is 11.1. The zero-order valence-corrected chi connectivity index (χ0v) is 14.6. The van der Waals surface area contributed by atoms with Crippen LogP contribution in [0.3, 0.4) is 0 Å². The first-order valence-corrected chi connectivity index (χ1v) is 9.40. The van der Waals surface area contributed by atoms with Gasteiger partial charge in [-0.2, -0.15) is 0 Å². The summed E-state index contributed by atoms with van der Waals surface area (Å²) in [7, 11) is 0.852. The van der Waals surface area contributed by atoms with Gasteiger partial charge >= 0.3 is 0 Å². The van der Waals surface area contributed by atoms with Crippen LogP contribution in [-0.2, 0) is 17.3 Å². The number of piperazine rings is 1. The summed E-state index contributed by atoms with van der Waals surface area (Å²) in [4.78, 5) is 4.61. The van der Waals surface area contributed by atoms with Crippen LogP contribution in [-0.4, -0.2) is 71.0 Å². The lowest BCUT2D eigenvalue weighted by atomic mass is 10.1. The van der Waals surface area contributed by atoms with Gasteiger partial charge in [0.25, 0.3) is 0 Å². The zero-order chi connectivity index (χ0) is 16.1. The fourth-order valence-electron chi connectivity index (χ4n) is 2.54. The molecule has 0 radical (unpaired) electrons. The summed E-state index contributed by atoms with van der Waals surface area (Å²) in [6.07, 6.45) is 1.74. The Morgan fingerprint density at radius 1 is 1.27 bits per heavy atom. The van der Waals surface area contributed by atoms with Gasteiger partial charge in [0, 0.05) is 73.7 Å². The van der Waals surface area contributed by atoms with Crippen LogP contribution in [0.2, 0.25) is 5.02 Å². The Kier molecular flexibility index (Phi) is 6.50. The summed E-state index contributed by atoms with van der Waals surface area (Å²) in [5.41, 5.74) is 0.785. The van der Waals surface area contributed by atoms with Crippen LogP contribution in [0.4, 0.5) is 0 Å². The third kappa shape index (κ3) is 4.84. The van der Waals surface area contributed by atoms with E-state index in [-0.39, 0.29) is 5.75 Å². The molecule has 0 bridgehead atoms. The molecule has 0 spiro atoms. The molecule has 7 heteroatoms. The van der Waals surface area contributed by atoms with Gasteiger partial charge in [-0.15, -0.1) is 0 Å². The van der Waals surface area contributed by atoms with Crippen LogP contribution in [0.25, 0.3) is 0 Å². The highest BCUT2D eigenvalue weighted by Gasteiger charge is 2.19. The molecule has 0 aromatic heterocycles. The van der Waals surface area contributed by atoms with Crippen LogP contribution in [0.1, 0.15) is 5.56 Å². The molecule has 1 aromatic carbocycles. The summed E-state index contributed by atoms with van der Waals surface area (Å²) in [6.45, 7) is 5.28. The minimum Gasteiger partial charge on any atom is -0.506 e. The quantitative estimate of drug-likeness (QED) is 0.847. The number of hydrogen-bond acceptors (Lipinski definition) is 5. The second-order valence-electron chi connectivity index (χ2n) is 5.51.